The average Bonchev–Trinajstić information content (AvgIpc) is 3.24. The summed E-state index contributed by atoms with van der Waals surface area (Å²) in [6.45, 7) is 2.71. The van der Waals surface area contributed by atoms with Crippen molar-refractivity contribution in [1.82, 2.24) is 0 Å². The molecule has 1 unspecified atom stereocenters. The Balaban J connectivity index is 2.22. The van der Waals surface area contributed by atoms with Gasteiger partial charge in [-0.1, -0.05) is 34.1 Å². The van der Waals surface area contributed by atoms with Gasteiger partial charge in [0.15, 0.2) is 0 Å². The molecule has 0 radical (unpaired) electrons. The molecular weight excluding hydrogens is 320 g/mol. The van der Waals surface area contributed by atoms with Gasteiger partial charge < -0.3 is 9.47 Å². The van der Waals surface area contributed by atoms with E-state index in [0.717, 1.165) is 23.5 Å². The Morgan fingerprint density at radius 2 is 2.20 bits per heavy atom. The van der Waals surface area contributed by atoms with E-state index in [1.807, 2.05) is 6.92 Å². The monoisotopic (exact) mass is 340 g/mol. The van der Waals surface area contributed by atoms with Gasteiger partial charge >= 0.3 is 5.97 Å². The smallest absolute Gasteiger partial charge is 0.324 e. The normalized spacial score (nSPS) is 15.9. The zero-order chi connectivity index (χ0) is 14.5. The average molecular weight is 341 g/mol. The minimum atomic E-state index is -0.424. The molecular formula is C16H21BrO3. The molecule has 1 fully saturated rings. The van der Waals surface area contributed by atoms with Gasteiger partial charge in [0.05, 0.1) is 13.2 Å². The van der Waals surface area contributed by atoms with Crippen LogP contribution in [0.25, 0.3) is 0 Å². The Morgan fingerprint density at radius 3 is 2.80 bits per heavy atom. The molecule has 3 nitrogen and oxygen atoms in total. The fraction of sp³-hybridized carbons (Fsp3) is 0.562. The van der Waals surface area contributed by atoms with Crippen LogP contribution in [0.4, 0.5) is 0 Å². The first kappa shape index (κ1) is 15.5. The van der Waals surface area contributed by atoms with Crippen LogP contribution in [0.1, 0.15) is 41.3 Å². The van der Waals surface area contributed by atoms with Crippen LogP contribution in [0.5, 0.6) is 0 Å². The number of methoxy groups -OCH3 is 1. The number of carbonyl (C=O) groups excluding carboxylic acids is 1. The van der Waals surface area contributed by atoms with Crippen LogP contribution in [-0.4, -0.2) is 19.7 Å². The Kier molecular flexibility index (Phi) is 5.61. The van der Waals surface area contributed by atoms with Crippen molar-refractivity contribution >= 4 is 21.9 Å². The number of carbonyl (C=O) groups is 1. The number of benzene rings is 1. The number of alkyl halides is 1. The maximum Gasteiger partial charge on any atom is 0.324 e. The van der Waals surface area contributed by atoms with E-state index >= 15 is 0 Å². The van der Waals surface area contributed by atoms with Gasteiger partial charge in [0, 0.05) is 7.11 Å². The minimum absolute atomic E-state index is 0.242. The molecule has 0 aliphatic heterocycles. The molecule has 110 valence electrons. The second-order valence-corrected chi connectivity index (χ2v) is 6.14. The van der Waals surface area contributed by atoms with Crippen molar-refractivity contribution in [1.29, 1.82) is 0 Å². The molecule has 1 aromatic carbocycles. The van der Waals surface area contributed by atoms with Gasteiger partial charge in [-0.05, 0) is 48.8 Å². The Bertz CT molecular complexity index is 469. The number of esters is 1. The molecule has 0 bridgehead atoms. The standard InChI is InChI=1S/C16H21BrO3/c1-3-20-16(18)15(17)14-9-12(8-11-4-5-11)6-7-13(14)10-19-2/h6-7,9,11,15H,3-5,8,10H2,1-2H3. The summed E-state index contributed by atoms with van der Waals surface area (Å²) in [6.07, 6.45) is 3.75. The highest BCUT2D eigenvalue weighted by Gasteiger charge is 2.24. The second kappa shape index (κ2) is 7.23. The minimum Gasteiger partial charge on any atom is -0.465 e. The van der Waals surface area contributed by atoms with E-state index in [1.165, 1.54) is 18.4 Å². The maximum absolute atomic E-state index is 11.9. The van der Waals surface area contributed by atoms with Crippen LogP contribution in [0.2, 0.25) is 0 Å². The van der Waals surface area contributed by atoms with Gasteiger partial charge in [0.2, 0.25) is 0 Å². The van der Waals surface area contributed by atoms with Gasteiger partial charge in [-0.25, -0.2) is 0 Å². The zero-order valence-electron chi connectivity index (χ0n) is 12.0. The lowest BCUT2D eigenvalue weighted by Crippen LogP contribution is -2.13. The van der Waals surface area contributed by atoms with Crippen LogP contribution >= 0.6 is 15.9 Å². The Morgan fingerprint density at radius 1 is 1.45 bits per heavy atom. The number of ether oxygens (including phenoxy) is 2. The highest BCUT2D eigenvalue weighted by molar-refractivity contribution is 9.09. The molecule has 4 heteroatoms. The predicted molar refractivity (Wildman–Crippen MR) is 81.9 cm³/mol. The second-order valence-electron chi connectivity index (χ2n) is 5.23. The van der Waals surface area contributed by atoms with E-state index in [9.17, 15) is 4.79 Å². The van der Waals surface area contributed by atoms with Crippen molar-refractivity contribution in [3.63, 3.8) is 0 Å². The van der Waals surface area contributed by atoms with Gasteiger partial charge in [-0.2, -0.15) is 0 Å². The molecule has 1 aliphatic rings. The van der Waals surface area contributed by atoms with Crippen molar-refractivity contribution in [3.8, 4) is 0 Å². The van der Waals surface area contributed by atoms with E-state index < -0.39 is 4.83 Å². The molecule has 0 aromatic heterocycles. The van der Waals surface area contributed by atoms with Crippen LogP contribution < -0.4 is 0 Å². The zero-order valence-corrected chi connectivity index (χ0v) is 13.6. The van der Waals surface area contributed by atoms with Crippen LogP contribution in [0.15, 0.2) is 18.2 Å². The number of hydrogen-bond acceptors (Lipinski definition) is 3. The van der Waals surface area contributed by atoms with E-state index in [4.69, 9.17) is 9.47 Å². The Labute approximate surface area is 128 Å². The summed E-state index contributed by atoms with van der Waals surface area (Å²) in [5.41, 5.74) is 3.28. The lowest BCUT2D eigenvalue weighted by molar-refractivity contribution is -0.142. The molecule has 20 heavy (non-hydrogen) atoms. The number of rotatable bonds is 7. The topological polar surface area (TPSA) is 35.5 Å². The third kappa shape index (κ3) is 4.06. The molecule has 1 atom stereocenters. The van der Waals surface area contributed by atoms with Gasteiger partial charge in [0.1, 0.15) is 4.83 Å². The first-order chi connectivity index (χ1) is 9.65. The summed E-state index contributed by atoms with van der Waals surface area (Å²) in [5.74, 6) is 0.584. The first-order valence-corrected chi connectivity index (χ1v) is 7.98. The molecule has 1 aromatic rings. The van der Waals surface area contributed by atoms with E-state index in [0.29, 0.717) is 13.2 Å². The summed E-state index contributed by atoms with van der Waals surface area (Å²) >= 11 is 3.46. The molecule has 0 spiro atoms. The summed E-state index contributed by atoms with van der Waals surface area (Å²) in [6, 6.07) is 6.31. The fourth-order valence-corrected chi connectivity index (χ4v) is 2.85. The molecule has 0 heterocycles. The van der Waals surface area contributed by atoms with Crippen molar-refractivity contribution in [2.75, 3.05) is 13.7 Å². The SMILES string of the molecule is CCOC(=O)C(Br)c1cc(CC2CC2)ccc1COC. The van der Waals surface area contributed by atoms with Crippen LogP contribution in [0.3, 0.4) is 0 Å². The van der Waals surface area contributed by atoms with Gasteiger partial charge in [0.25, 0.3) is 0 Å². The third-order valence-corrected chi connectivity index (χ3v) is 4.37. The van der Waals surface area contributed by atoms with Crippen molar-refractivity contribution in [3.05, 3.63) is 34.9 Å². The summed E-state index contributed by atoms with van der Waals surface area (Å²) in [7, 11) is 1.66. The number of halogens is 1. The highest BCUT2D eigenvalue weighted by atomic mass is 79.9. The number of hydrogen-bond donors (Lipinski definition) is 0. The first-order valence-electron chi connectivity index (χ1n) is 7.07. The predicted octanol–water partition coefficient (Wildman–Crippen LogP) is 3.78. The van der Waals surface area contributed by atoms with Crippen molar-refractivity contribution in [2.45, 2.75) is 37.6 Å². The van der Waals surface area contributed by atoms with Gasteiger partial charge in [-0.15, -0.1) is 0 Å². The molecule has 0 amide bonds. The highest BCUT2D eigenvalue weighted by Crippen LogP contribution is 2.35. The van der Waals surface area contributed by atoms with E-state index in [2.05, 4.69) is 34.1 Å². The van der Waals surface area contributed by atoms with Crippen LogP contribution in [-0.2, 0) is 27.3 Å². The summed E-state index contributed by atoms with van der Waals surface area (Å²) in [4.78, 5) is 11.5. The van der Waals surface area contributed by atoms with Gasteiger partial charge in [-0.3, -0.25) is 4.79 Å². The molecule has 1 saturated carbocycles. The van der Waals surface area contributed by atoms with Crippen LogP contribution in [0, 0.1) is 5.92 Å². The maximum atomic E-state index is 11.9. The van der Waals surface area contributed by atoms with E-state index in [-0.39, 0.29) is 5.97 Å². The lowest BCUT2D eigenvalue weighted by Gasteiger charge is -2.15. The van der Waals surface area contributed by atoms with E-state index in [1.54, 1.807) is 7.11 Å². The quantitative estimate of drug-likeness (QED) is 0.559. The molecule has 0 N–H and O–H groups in total. The fourth-order valence-electron chi connectivity index (χ4n) is 2.29. The summed E-state index contributed by atoms with van der Waals surface area (Å²) in [5, 5.41) is 0. The lowest BCUT2D eigenvalue weighted by atomic mass is 9.99. The van der Waals surface area contributed by atoms with Crippen molar-refractivity contribution in [2.24, 2.45) is 5.92 Å². The molecule has 2 rings (SSSR count). The largest absolute Gasteiger partial charge is 0.465 e. The molecule has 0 saturated heterocycles. The molecule has 1 aliphatic carbocycles. The third-order valence-electron chi connectivity index (χ3n) is 3.50. The Hall–Kier alpha value is -0.870. The van der Waals surface area contributed by atoms with Crippen molar-refractivity contribution < 1.29 is 14.3 Å². The summed E-state index contributed by atoms with van der Waals surface area (Å²) < 4.78 is 10.3.